The van der Waals surface area contributed by atoms with Crippen LogP contribution in [0.5, 0.6) is 0 Å². The first-order valence-corrected chi connectivity index (χ1v) is 13.6. The third-order valence-electron chi connectivity index (χ3n) is 7.22. The maximum Gasteiger partial charge on any atom is 0.241 e. The smallest absolute Gasteiger partial charge is 0.241 e. The number of allylic oxidation sites excluding steroid dienone is 2. The summed E-state index contributed by atoms with van der Waals surface area (Å²) in [6, 6.07) is 8.82. The molecule has 2 N–H and O–H groups in total. The van der Waals surface area contributed by atoms with Gasteiger partial charge in [0.25, 0.3) is 0 Å². The molecule has 2 unspecified atom stereocenters. The zero-order chi connectivity index (χ0) is 25.3. The van der Waals surface area contributed by atoms with Gasteiger partial charge in [-0.25, -0.2) is 18.4 Å². The minimum Gasteiger partial charge on any atom is -0.375 e. The third-order valence-corrected chi connectivity index (χ3v) is 9.18. The van der Waals surface area contributed by atoms with Crippen LogP contribution in [0.15, 0.2) is 71.4 Å². The Hall–Kier alpha value is -3.66. The van der Waals surface area contributed by atoms with Crippen molar-refractivity contribution in [1.29, 1.82) is 0 Å². The third kappa shape index (κ3) is 4.26. The number of anilines is 2. The minimum absolute atomic E-state index is 0.0126. The van der Waals surface area contributed by atoms with Crippen molar-refractivity contribution in [2.75, 3.05) is 36.4 Å². The molecule has 1 aromatic carbocycles. The van der Waals surface area contributed by atoms with E-state index in [9.17, 15) is 13.2 Å². The summed E-state index contributed by atoms with van der Waals surface area (Å²) in [6.45, 7) is 7.49. The van der Waals surface area contributed by atoms with Crippen LogP contribution in [0.1, 0.15) is 19.8 Å². The SMILES string of the molecule is C=CC(=CC)S(=O)(=O)c1ccccc1NCC(=O)N1CCC2CCN(c3ncnc4[nH]ccc34)C2C1. The van der Waals surface area contributed by atoms with Crippen molar-refractivity contribution in [2.45, 2.75) is 30.7 Å². The van der Waals surface area contributed by atoms with Gasteiger partial charge in [-0.05, 0) is 43.9 Å². The van der Waals surface area contributed by atoms with Gasteiger partial charge < -0.3 is 20.1 Å². The molecule has 5 rings (SSSR count). The summed E-state index contributed by atoms with van der Waals surface area (Å²) in [4.78, 5) is 29.7. The normalized spacial score (nSPS) is 20.4. The van der Waals surface area contributed by atoms with E-state index in [1.165, 1.54) is 12.2 Å². The van der Waals surface area contributed by atoms with E-state index in [4.69, 9.17) is 0 Å². The van der Waals surface area contributed by atoms with Gasteiger partial charge in [-0.2, -0.15) is 0 Å². The summed E-state index contributed by atoms with van der Waals surface area (Å²) in [5, 5.41) is 4.06. The van der Waals surface area contributed by atoms with E-state index >= 15 is 0 Å². The Morgan fingerprint density at radius 3 is 2.83 bits per heavy atom. The molecule has 0 bridgehead atoms. The average Bonchev–Trinajstić information content (AvgIpc) is 3.54. The summed E-state index contributed by atoms with van der Waals surface area (Å²) in [6.07, 6.45) is 8.29. The molecule has 0 spiro atoms. The molecule has 2 aromatic heterocycles. The fourth-order valence-electron chi connectivity index (χ4n) is 5.36. The van der Waals surface area contributed by atoms with Crippen LogP contribution in [0.2, 0.25) is 0 Å². The van der Waals surface area contributed by atoms with E-state index in [1.807, 2.05) is 17.2 Å². The van der Waals surface area contributed by atoms with Crippen molar-refractivity contribution in [3.8, 4) is 0 Å². The van der Waals surface area contributed by atoms with Crippen molar-refractivity contribution < 1.29 is 13.2 Å². The van der Waals surface area contributed by atoms with Crippen LogP contribution in [0.4, 0.5) is 11.5 Å². The topological polar surface area (TPSA) is 111 Å². The summed E-state index contributed by atoms with van der Waals surface area (Å²) in [5.41, 5.74) is 1.21. The van der Waals surface area contributed by atoms with Crippen molar-refractivity contribution in [3.05, 3.63) is 66.5 Å². The number of sulfone groups is 1. The van der Waals surface area contributed by atoms with Gasteiger partial charge in [0.15, 0.2) is 0 Å². The van der Waals surface area contributed by atoms with Crippen LogP contribution in [0.25, 0.3) is 11.0 Å². The highest BCUT2D eigenvalue weighted by molar-refractivity contribution is 7.95. The number of piperidine rings is 1. The summed E-state index contributed by atoms with van der Waals surface area (Å²) in [7, 11) is -3.73. The molecule has 2 aliphatic heterocycles. The minimum atomic E-state index is -3.73. The lowest BCUT2D eigenvalue weighted by Gasteiger charge is -2.39. The van der Waals surface area contributed by atoms with Gasteiger partial charge >= 0.3 is 0 Å². The first kappa shape index (κ1) is 24.1. The highest BCUT2D eigenvalue weighted by Crippen LogP contribution is 2.36. The molecule has 2 aliphatic rings. The van der Waals surface area contributed by atoms with Crippen LogP contribution in [0.3, 0.4) is 0 Å². The van der Waals surface area contributed by atoms with Gasteiger partial charge in [0.1, 0.15) is 17.8 Å². The van der Waals surface area contributed by atoms with E-state index in [0.717, 1.165) is 36.2 Å². The first-order chi connectivity index (χ1) is 17.4. The molecule has 4 heterocycles. The Bertz CT molecular complexity index is 1430. The number of likely N-dealkylation sites (tertiary alicyclic amines) is 1. The summed E-state index contributed by atoms with van der Waals surface area (Å²) in [5.74, 6) is 1.36. The van der Waals surface area contributed by atoms with Crippen molar-refractivity contribution >= 4 is 38.3 Å². The van der Waals surface area contributed by atoms with E-state index in [0.29, 0.717) is 24.7 Å². The molecule has 0 saturated carbocycles. The van der Waals surface area contributed by atoms with Crippen LogP contribution in [-0.2, 0) is 14.6 Å². The lowest BCUT2D eigenvalue weighted by atomic mass is 9.92. The maximum atomic E-state index is 13.2. The monoisotopic (exact) mass is 506 g/mol. The largest absolute Gasteiger partial charge is 0.375 e. The second-order valence-electron chi connectivity index (χ2n) is 9.12. The van der Waals surface area contributed by atoms with Gasteiger partial charge in [-0.1, -0.05) is 30.9 Å². The van der Waals surface area contributed by atoms with Crippen LogP contribution in [-0.4, -0.2) is 66.4 Å². The fourth-order valence-corrected chi connectivity index (χ4v) is 6.83. The number of carbonyl (C=O) groups is 1. The molecule has 2 saturated heterocycles. The number of para-hydroxylation sites is 1. The first-order valence-electron chi connectivity index (χ1n) is 12.1. The van der Waals surface area contributed by atoms with Gasteiger partial charge in [-0.15, -0.1) is 0 Å². The lowest BCUT2D eigenvalue weighted by Crippen LogP contribution is -2.51. The number of hydrogen-bond acceptors (Lipinski definition) is 7. The Balaban J connectivity index is 1.30. The number of nitrogens with one attached hydrogen (secondary N) is 2. The predicted octanol–water partition coefficient (Wildman–Crippen LogP) is 3.36. The Kier molecular flexibility index (Phi) is 6.53. The number of rotatable bonds is 7. The van der Waals surface area contributed by atoms with E-state index in [2.05, 4.69) is 31.7 Å². The second kappa shape index (κ2) is 9.77. The zero-order valence-corrected chi connectivity index (χ0v) is 21.0. The molecule has 0 aliphatic carbocycles. The molecule has 3 aromatic rings. The fraction of sp³-hybridized carbons (Fsp3) is 0.346. The molecular formula is C26H30N6O3S. The molecule has 10 heteroatoms. The molecular weight excluding hydrogens is 476 g/mol. The van der Waals surface area contributed by atoms with E-state index in [1.54, 1.807) is 37.5 Å². The van der Waals surface area contributed by atoms with Crippen LogP contribution in [0, 0.1) is 5.92 Å². The van der Waals surface area contributed by atoms with Gasteiger partial charge in [0.05, 0.1) is 33.5 Å². The number of amides is 1. The number of H-pyrrole nitrogens is 1. The van der Waals surface area contributed by atoms with Gasteiger partial charge in [-0.3, -0.25) is 4.79 Å². The highest BCUT2D eigenvalue weighted by Gasteiger charge is 2.40. The van der Waals surface area contributed by atoms with E-state index < -0.39 is 9.84 Å². The number of carbonyl (C=O) groups excluding carboxylic acids is 1. The van der Waals surface area contributed by atoms with Crippen molar-refractivity contribution in [2.24, 2.45) is 5.92 Å². The van der Waals surface area contributed by atoms with E-state index in [-0.39, 0.29) is 28.3 Å². The van der Waals surface area contributed by atoms with Crippen LogP contribution >= 0.6 is 0 Å². The van der Waals surface area contributed by atoms with Crippen molar-refractivity contribution in [3.63, 3.8) is 0 Å². The molecule has 0 radical (unpaired) electrons. The summed E-state index contributed by atoms with van der Waals surface area (Å²) >= 11 is 0. The van der Waals surface area contributed by atoms with Crippen LogP contribution < -0.4 is 10.2 Å². The molecule has 188 valence electrons. The number of nitrogens with zero attached hydrogens (tertiary/aromatic N) is 4. The second-order valence-corrected chi connectivity index (χ2v) is 11.0. The average molecular weight is 507 g/mol. The lowest BCUT2D eigenvalue weighted by molar-refractivity contribution is -0.130. The standard InChI is InChI=1S/C26H30N6O3S/c1-3-19(4-2)36(34,35)23-8-6-5-7-21(23)28-15-24(33)31-13-10-18-11-14-32(22(18)16-31)26-20-9-12-27-25(20)29-17-30-26/h3-9,12,17-18,22,28H,1,10-11,13-16H2,2H3,(H,27,29,30). The maximum absolute atomic E-state index is 13.2. The summed E-state index contributed by atoms with van der Waals surface area (Å²) < 4.78 is 26.1. The number of aromatic nitrogens is 3. The Labute approximate surface area is 210 Å². The van der Waals surface area contributed by atoms with Gasteiger partial charge in [0.2, 0.25) is 15.7 Å². The molecule has 1 amide bonds. The quantitative estimate of drug-likeness (QED) is 0.473. The Morgan fingerprint density at radius 2 is 2.03 bits per heavy atom. The molecule has 2 atom stereocenters. The number of benzene rings is 1. The van der Waals surface area contributed by atoms with Gasteiger partial charge in [0, 0.05) is 25.8 Å². The molecule has 2 fully saturated rings. The Morgan fingerprint density at radius 1 is 1.22 bits per heavy atom. The number of fused-ring (bicyclic) bond motifs is 2. The molecule has 36 heavy (non-hydrogen) atoms. The predicted molar refractivity (Wildman–Crippen MR) is 140 cm³/mol. The zero-order valence-electron chi connectivity index (χ0n) is 20.2. The number of hydrogen-bond donors (Lipinski definition) is 2. The number of aromatic amines is 1. The molecule has 9 nitrogen and oxygen atoms in total. The highest BCUT2D eigenvalue weighted by atomic mass is 32.2. The van der Waals surface area contributed by atoms with Crippen molar-refractivity contribution in [1.82, 2.24) is 19.9 Å².